The van der Waals surface area contributed by atoms with Gasteiger partial charge in [-0.2, -0.15) is 5.10 Å². The number of benzene rings is 1. The molecule has 0 aliphatic carbocycles. The number of halogens is 1. The second kappa shape index (κ2) is 5.53. The summed E-state index contributed by atoms with van der Waals surface area (Å²) in [7, 11) is 1.95. The first-order valence-corrected chi connectivity index (χ1v) is 6.49. The summed E-state index contributed by atoms with van der Waals surface area (Å²) in [6, 6.07) is 6.34. The molecule has 0 saturated carbocycles. The lowest BCUT2D eigenvalue weighted by Gasteiger charge is -2.12. The van der Waals surface area contributed by atoms with Crippen LogP contribution >= 0.6 is 0 Å². The van der Waals surface area contributed by atoms with E-state index in [1.807, 2.05) is 18.7 Å². The molecule has 1 aromatic carbocycles. The van der Waals surface area contributed by atoms with Gasteiger partial charge in [0.05, 0.1) is 5.69 Å². The lowest BCUT2D eigenvalue weighted by Crippen LogP contribution is -2.11. The average molecular weight is 261 g/mol. The van der Waals surface area contributed by atoms with Crippen molar-refractivity contribution in [3.8, 4) is 0 Å². The average Bonchev–Trinajstić information content (AvgIpc) is 2.62. The van der Waals surface area contributed by atoms with Crippen molar-refractivity contribution in [2.75, 3.05) is 0 Å². The molecule has 0 saturated heterocycles. The van der Waals surface area contributed by atoms with Crippen molar-refractivity contribution in [3.05, 3.63) is 52.6 Å². The summed E-state index contributed by atoms with van der Waals surface area (Å²) in [4.78, 5) is 0. The third-order valence-corrected chi connectivity index (χ3v) is 3.66. The Labute approximate surface area is 113 Å². The van der Waals surface area contributed by atoms with E-state index in [0.29, 0.717) is 0 Å². The van der Waals surface area contributed by atoms with Crippen LogP contribution in [0.4, 0.5) is 4.39 Å². The number of hydrogen-bond acceptors (Lipinski definition) is 2. The van der Waals surface area contributed by atoms with E-state index in [0.717, 1.165) is 24.1 Å². The van der Waals surface area contributed by atoms with Crippen LogP contribution in [0.5, 0.6) is 0 Å². The molecule has 2 N–H and O–H groups in total. The van der Waals surface area contributed by atoms with E-state index in [-0.39, 0.29) is 11.9 Å². The molecule has 4 heteroatoms. The number of hydrogen-bond donors (Lipinski definition) is 1. The van der Waals surface area contributed by atoms with Crippen LogP contribution < -0.4 is 5.73 Å². The summed E-state index contributed by atoms with van der Waals surface area (Å²) >= 11 is 0. The molecule has 1 heterocycles. The molecule has 3 nitrogen and oxygen atoms in total. The van der Waals surface area contributed by atoms with Crippen LogP contribution in [0.2, 0.25) is 0 Å². The van der Waals surface area contributed by atoms with Crippen molar-refractivity contribution in [2.45, 2.75) is 32.7 Å². The summed E-state index contributed by atoms with van der Waals surface area (Å²) in [5.74, 6) is -0.227. The van der Waals surface area contributed by atoms with Crippen molar-refractivity contribution in [2.24, 2.45) is 12.8 Å². The van der Waals surface area contributed by atoms with Gasteiger partial charge in [-0.3, -0.25) is 4.68 Å². The van der Waals surface area contributed by atoms with Gasteiger partial charge in [0, 0.05) is 18.8 Å². The Morgan fingerprint density at radius 2 is 1.89 bits per heavy atom. The minimum atomic E-state index is -0.227. The highest BCUT2D eigenvalue weighted by Crippen LogP contribution is 2.20. The molecule has 1 atom stereocenters. The normalized spacial score (nSPS) is 12.7. The lowest BCUT2D eigenvalue weighted by molar-refractivity contribution is 0.618. The van der Waals surface area contributed by atoms with Crippen LogP contribution in [0, 0.1) is 19.7 Å². The Hall–Kier alpha value is -1.68. The molecule has 2 aromatic rings. The van der Waals surface area contributed by atoms with Crippen molar-refractivity contribution in [3.63, 3.8) is 0 Å². The predicted octanol–water partition coefficient (Wildman–Crippen LogP) is 2.81. The van der Waals surface area contributed by atoms with E-state index >= 15 is 0 Å². The Morgan fingerprint density at radius 1 is 1.26 bits per heavy atom. The van der Waals surface area contributed by atoms with Gasteiger partial charge in [0.1, 0.15) is 5.82 Å². The molecular weight excluding hydrogens is 241 g/mol. The highest BCUT2D eigenvalue weighted by molar-refractivity contribution is 5.25. The van der Waals surface area contributed by atoms with Crippen molar-refractivity contribution in [1.29, 1.82) is 0 Å². The van der Waals surface area contributed by atoms with Crippen LogP contribution in [0.25, 0.3) is 0 Å². The summed E-state index contributed by atoms with van der Waals surface area (Å²) in [5.41, 5.74) is 10.6. The minimum absolute atomic E-state index is 0.0698. The van der Waals surface area contributed by atoms with E-state index in [1.165, 1.54) is 23.4 Å². The Kier molecular flexibility index (Phi) is 4.00. The van der Waals surface area contributed by atoms with Crippen LogP contribution in [-0.4, -0.2) is 9.78 Å². The quantitative estimate of drug-likeness (QED) is 0.919. The van der Waals surface area contributed by atoms with E-state index in [2.05, 4.69) is 12.0 Å². The number of rotatable bonds is 4. The molecule has 0 amide bonds. The molecule has 1 aromatic heterocycles. The van der Waals surface area contributed by atoms with E-state index in [9.17, 15) is 4.39 Å². The SMILES string of the molecule is Cc1nn(C)c(C)c1CCC(N)c1ccc(F)cc1. The molecule has 0 bridgehead atoms. The summed E-state index contributed by atoms with van der Waals surface area (Å²) < 4.78 is 14.8. The van der Waals surface area contributed by atoms with Gasteiger partial charge in [-0.05, 0) is 49.9 Å². The number of nitrogens with two attached hydrogens (primary N) is 1. The zero-order chi connectivity index (χ0) is 14.0. The van der Waals surface area contributed by atoms with Crippen molar-refractivity contribution < 1.29 is 4.39 Å². The Bertz CT molecular complexity index is 558. The summed E-state index contributed by atoms with van der Waals surface area (Å²) in [6.07, 6.45) is 1.73. The maximum atomic E-state index is 12.9. The van der Waals surface area contributed by atoms with Crippen LogP contribution in [-0.2, 0) is 13.5 Å². The van der Waals surface area contributed by atoms with E-state index < -0.39 is 0 Å². The Morgan fingerprint density at radius 3 is 2.42 bits per heavy atom. The highest BCUT2D eigenvalue weighted by atomic mass is 19.1. The fraction of sp³-hybridized carbons (Fsp3) is 0.400. The first-order chi connectivity index (χ1) is 8.99. The predicted molar refractivity (Wildman–Crippen MR) is 74.3 cm³/mol. The van der Waals surface area contributed by atoms with Gasteiger partial charge in [0.2, 0.25) is 0 Å². The molecule has 19 heavy (non-hydrogen) atoms. The fourth-order valence-electron chi connectivity index (χ4n) is 2.36. The molecule has 0 fully saturated rings. The molecule has 0 radical (unpaired) electrons. The van der Waals surface area contributed by atoms with E-state index in [4.69, 9.17) is 5.73 Å². The smallest absolute Gasteiger partial charge is 0.123 e. The van der Waals surface area contributed by atoms with E-state index in [1.54, 1.807) is 12.1 Å². The molecule has 2 rings (SSSR count). The van der Waals surface area contributed by atoms with Crippen molar-refractivity contribution >= 4 is 0 Å². The van der Waals surface area contributed by atoms with Crippen LogP contribution in [0.3, 0.4) is 0 Å². The third-order valence-electron chi connectivity index (χ3n) is 3.66. The van der Waals surface area contributed by atoms with Crippen LogP contribution in [0.15, 0.2) is 24.3 Å². The fourth-order valence-corrected chi connectivity index (χ4v) is 2.36. The molecule has 0 spiro atoms. The maximum absolute atomic E-state index is 12.9. The van der Waals surface area contributed by atoms with Crippen molar-refractivity contribution in [1.82, 2.24) is 9.78 Å². The molecule has 0 aliphatic rings. The zero-order valence-corrected chi connectivity index (χ0v) is 11.7. The van der Waals surface area contributed by atoms with Gasteiger partial charge in [0.15, 0.2) is 0 Å². The number of nitrogens with zero attached hydrogens (tertiary/aromatic N) is 2. The maximum Gasteiger partial charge on any atom is 0.123 e. The van der Waals surface area contributed by atoms with Gasteiger partial charge >= 0.3 is 0 Å². The molecule has 102 valence electrons. The van der Waals surface area contributed by atoms with Crippen LogP contribution in [0.1, 0.15) is 35.0 Å². The van der Waals surface area contributed by atoms with Gasteiger partial charge in [-0.25, -0.2) is 4.39 Å². The Balaban J connectivity index is 2.04. The number of aryl methyl sites for hydroxylation is 2. The summed E-state index contributed by atoms with van der Waals surface area (Å²) in [5, 5.41) is 4.40. The first-order valence-electron chi connectivity index (χ1n) is 6.49. The monoisotopic (exact) mass is 261 g/mol. The second-order valence-corrected chi connectivity index (χ2v) is 4.97. The van der Waals surface area contributed by atoms with Gasteiger partial charge in [-0.1, -0.05) is 12.1 Å². The summed E-state index contributed by atoms with van der Waals surface area (Å²) in [6.45, 7) is 4.09. The second-order valence-electron chi connectivity index (χ2n) is 4.97. The molecule has 0 aliphatic heterocycles. The topological polar surface area (TPSA) is 43.8 Å². The minimum Gasteiger partial charge on any atom is -0.324 e. The molecule has 1 unspecified atom stereocenters. The number of aromatic nitrogens is 2. The first kappa shape index (κ1) is 13.7. The largest absolute Gasteiger partial charge is 0.324 e. The lowest BCUT2D eigenvalue weighted by atomic mass is 9.99. The van der Waals surface area contributed by atoms with Gasteiger partial charge in [-0.15, -0.1) is 0 Å². The molecular formula is C15H20FN3. The van der Waals surface area contributed by atoms with Gasteiger partial charge in [0.25, 0.3) is 0 Å². The third kappa shape index (κ3) is 3.01. The van der Waals surface area contributed by atoms with Gasteiger partial charge < -0.3 is 5.73 Å². The standard InChI is InChI=1S/C15H20FN3/c1-10-14(11(2)19(3)18-10)8-9-15(17)12-4-6-13(16)7-5-12/h4-7,15H,8-9,17H2,1-3H3. The highest BCUT2D eigenvalue weighted by Gasteiger charge is 2.12. The zero-order valence-electron chi connectivity index (χ0n) is 11.7.